The number of rotatable bonds is 13. The van der Waals surface area contributed by atoms with Crippen LogP contribution < -0.4 is 9.62 Å². The smallest absolute Gasteiger partial charge is 0.354 e. The van der Waals surface area contributed by atoms with Gasteiger partial charge in [-0.05, 0) is 59.5 Å². The second-order valence-electron chi connectivity index (χ2n) is 11.5. The standard InChI is InChI=1S/C35H34Cl2F3N3O4S/c1-24(2)21-41-34(45)32(19-25-10-5-3-6-11-25)42(22-26-12-9-13-27(36)18-26)33(44)23-43(48(46,47)29-14-7-4-8-15-29)28-16-17-31(37)30(20-28)35(38,39)40/h3-18,20,24,32H,19,21-23H2,1-2H3,(H,41,45)/t32-/m0/s1. The number of sulfonamides is 1. The normalized spacial score (nSPS) is 12.4. The minimum atomic E-state index is -4.91. The van der Waals surface area contributed by atoms with Crippen LogP contribution in [0.2, 0.25) is 10.0 Å². The van der Waals surface area contributed by atoms with E-state index >= 15 is 0 Å². The largest absolute Gasteiger partial charge is 0.417 e. The lowest BCUT2D eigenvalue weighted by atomic mass is 10.0. The molecule has 0 radical (unpaired) electrons. The zero-order chi connectivity index (χ0) is 35.1. The van der Waals surface area contributed by atoms with E-state index in [1.807, 2.05) is 13.8 Å². The second kappa shape index (κ2) is 15.9. The first-order valence-electron chi connectivity index (χ1n) is 15.0. The molecular formula is C35H34Cl2F3N3O4S. The van der Waals surface area contributed by atoms with Crippen LogP contribution in [-0.4, -0.2) is 44.3 Å². The molecule has 0 aliphatic heterocycles. The van der Waals surface area contributed by atoms with Gasteiger partial charge in [-0.25, -0.2) is 8.42 Å². The fourth-order valence-corrected chi connectivity index (χ4v) is 6.81. The Labute approximate surface area is 288 Å². The summed E-state index contributed by atoms with van der Waals surface area (Å²) in [4.78, 5) is 29.3. The van der Waals surface area contributed by atoms with Crippen LogP contribution in [-0.2, 0) is 38.8 Å². The van der Waals surface area contributed by atoms with E-state index in [2.05, 4.69) is 5.32 Å². The summed E-state index contributed by atoms with van der Waals surface area (Å²) in [5, 5.41) is 2.61. The van der Waals surface area contributed by atoms with Crippen LogP contribution in [0.15, 0.2) is 108 Å². The van der Waals surface area contributed by atoms with Gasteiger partial charge in [-0.3, -0.25) is 13.9 Å². The third kappa shape index (κ3) is 9.52. The summed E-state index contributed by atoms with van der Waals surface area (Å²) in [6.45, 7) is 3.05. The maximum absolute atomic E-state index is 14.5. The van der Waals surface area contributed by atoms with Crippen molar-refractivity contribution in [3.05, 3.63) is 130 Å². The van der Waals surface area contributed by atoms with Crippen molar-refractivity contribution in [3.63, 3.8) is 0 Å². The second-order valence-corrected chi connectivity index (χ2v) is 14.2. The lowest BCUT2D eigenvalue weighted by Gasteiger charge is -2.34. The molecule has 4 aromatic carbocycles. The van der Waals surface area contributed by atoms with Gasteiger partial charge in [-0.1, -0.05) is 97.7 Å². The Morgan fingerprint density at radius 3 is 2.06 bits per heavy atom. The SMILES string of the molecule is CC(C)CNC(=O)[C@H](Cc1ccccc1)N(Cc1cccc(Cl)c1)C(=O)CN(c1ccc(Cl)c(C(F)(F)F)c1)S(=O)(=O)c1ccccc1. The van der Waals surface area contributed by atoms with Gasteiger partial charge in [0.15, 0.2) is 0 Å². The van der Waals surface area contributed by atoms with E-state index in [-0.39, 0.29) is 23.8 Å². The molecule has 254 valence electrons. The molecule has 0 aliphatic carbocycles. The van der Waals surface area contributed by atoms with Gasteiger partial charge in [0.2, 0.25) is 11.8 Å². The van der Waals surface area contributed by atoms with E-state index in [0.717, 1.165) is 17.7 Å². The summed E-state index contributed by atoms with van der Waals surface area (Å²) in [5.74, 6) is -1.23. The Bertz CT molecular complexity index is 1830. The summed E-state index contributed by atoms with van der Waals surface area (Å²) < 4.78 is 70.5. The number of alkyl halides is 3. The third-order valence-corrected chi connectivity index (χ3v) is 9.70. The summed E-state index contributed by atoms with van der Waals surface area (Å²) in [5.41, 5.74) is -0.426. The first-order valence-corrected chi connectivity index (χ1v) is 17.2. The first kappa shape index (κ1) is 36.8. The Morgan fingerprint density at radius 1 is 0.833 bits per heavy atom. The number of carbonyl (C=O) groups is 2. The molecule has 0 saturated carbocycles. The number of hydrogen-bond acceptors (Lipinski definition) is 4. The molecule has 0 heterocycles. The summed E-state index contributed by atoms with van der Waals surface area (Å²) in [6, 6.07) is 24.1. The number of nitrogens with one attached hydrogen (secondary N) is 1. The summed E-state index contributed by atoms with van der Waals surface area (Å²) >= 11 is 12.1. The highest BCUT2D eigenvalue weighted by molar-refractivity contribution is 7.92. The fraction of sp³-hybridized carbons (Fsp3) is 0.257. The van der Waals surface area contributed by atoms with Gasteiger partial charge in [0.1, 0.15) is 12.6 Å². The number of anilines is 1. The third-order valence-electron chi connectivity index (χ3n) is 7.35. The van der Waals surface area contributed by atoms with E-state index in [1.165, 1.54) is 29.2 Å². The number of halogens is 5. The molecule has 4 aromatic rings. The number of carbonyl (C=O) groups excluding carboxylic acids is 2. The molecule has 13 heteroatoms. The molecule has 2 amide bonds. The van der Waals surface area contributed by atoms with E-state index < -0.39 is 56.9 Å². The van der Waals surface area contributed by atoms with Gasteiger partial charge in [0, 0.05) is 24.5 Å². The molecule has 1 N–H and O–H groups in total. The van der Waals surface area contributed by atoms with Crippen LogP contribution in [0, 0.1) is 5.92 Å². The van der Waals surface area contributed by atoms with Crippen molar-refractivity contribution >= 4 is 50.7 Å². The zero-order valence-corrected chi connectivity index (χ0v) is 28.5. The Hall–Kier alpha value is -4.06. The number of amides is 2. The minimum Gasteiger partial charge on any atom is -0.354 e. The summed E-state index contributed by atoms with van der Waals surface area (Å²) in [7, 11) is -4.61. The van der Waals surface area contributed by atoms with Gasteiger partial charge in [0.05, 0.1) is 21.2 Å². The predicted octanol–water partition coefficient (Wildman–Crippen LogP) is 7.62. The van der Waals surface area contributed by atoms with E-state index in [4.69, 9.17) is 23.2 Å². The lowest BCUT2D eigenvalue weighted by Crippen LogP contribution is -2.53. The van der Waals surface area contributed by atoms with Crippen LogP contribution in [0.5, 0.6) is 0 Å². The zero-order valence-electron chi connectivity index (χ0n) is 26.1. The molecule has 7 nitrogen and oxygen atoms in total. The average molecular weight is 721 g/mol. The molecule has 0 aliphatic rings. The average Bonchev–Trinajstić information content (AvgIpc) is 3.04. The number of benzene rings is 4. The number of hydrogen-bond donors (Lipinski definition) is 1. The molecule has 0 aromatic heterocycles. The van der Waals surface area contributed by atoms with Gasteiger partial charge >= 0.3 is 6.18 Å². The lowest BCUT2D eigenvalue weighted by molar-refractivity contribution is -0.140. The molecule has 0 saturated heterocycles. The van der Waals surface area contributed by atoms with Crippen molar-refractivity contribution in [3.8, 4) is 0 Å². The Morgan fingerprint density at radius 2 is 1.46 bits per heavy atom. The van der Waals surface area contributed by atoms with Crippen molar-refractivity contribution in [1.29, 1.82) is 0 Å². The van der Waals surface area contributed by atoms with Crippen molar-refractivity contribution in [1.82, 2.24) is 10.2 Å². The molecule has 0 fully saturated rings. The van der Waals surface area contributed by atoms with Crippen molar-refractivity contribution < 1.29 is 31.2 Å². The van der Waals surface area contributed by atoms with E-state index in [0.29, 0.717) is 27.5 Å². The highest BCUT2D eigenvalue weighted by Gasteiger charge is 2.37. The molecule has 1 atom stereocenters. The summed E-state index contributed by atoms with van der Waals surface area (Å²) in [6.07, 6.45) is -4.84. The maximum Gasteiger partial charge on any atom is 0.417 e. The van der Waals surface area contributed by atoms with Crippen LogP contribution in [0.3, 0.4) is 0 Å². The maximum atomic E-state index is 14.5. The fourth-order valence-electron chi connectivity index (χ4n) is 4.94. The van der Waals surface area contributed by atoms with Crippen LogP contribution in [0.25, 0.3) is 0 Å². The molecule has 48 heavy (non-hydrogen) atoms. The van der Waals surface area contributed by atoms with Crippen molar-refractivity contribution in [2.45, 2.75) is 43.9 Å². The van der Waals surface area contributed by atoms with Crippen LogP contribution in [0.4, 0.5) is 18.9 Å². The molecular weight excluding hydrogens is 686 g/mol. The van der Waals surface area contributed by atoms with Gasteiger partial charge in [0.25, 0.3) is 10.0 Å². The van der Waals surface area contributed by atoms with E-state index in [1.54, 1.807) is 60.7 Å². The number of nitrogens with zero attached hydrogens (tertiary/aromatic N) is 2. The quantitative estimate of drug-likeness (QED) is 0.154. The minimum absolute atomic E-state index is 0.0711. The molecule has 4 rings (SSSR count). The van der Waals surface area contributed by atoms with Crippen LogP contribution in [0.1, 0.15) is 30.5 Å². The first-order chi connectivity index (χ1) is 22.7. The topological polar surface area (TPSA) is 86.8 Å². The van der Waals surface area contributed by atoms with Crippen LogP contribution >= 0.6 is 23.2 Å². The van der Waals surface area contributed by atoms with Crippen molar-refractivity contribution in [2.75, 3.05) is 17.4 Å². The van der Waals surface area contributed by atoms with E-state index in [9.17, 15) is 31.2 Å². The van der Waals surface area contributed by atoms with Crippen molar-refractivity contribution in [2.24, 2.45) is 5.92 Å². The molecule has 0 bridgehead atoms. The highest BCUT2D eigenvalue weighted by Crippen LogP contribution is 2.38. The Balaban J connectivity index is 1.85. The molecule has 0 unspecified atom stereocenters. The van der Waals surface area contributed by atoms with Gasteiger partial charge in [-0.2, -0.15) is 13.2 Å². The van der Waals surface area contributed by atoms with Gasteiger partial charge in [-0.15, -0.1) is 0 Å². The molecule has 0 spiro atoms. The van der Waals surface area contributed by atoms with Gasteiger partial charge < -0.3 is 10.2 Å². The monoisotopic (exact) mass is 719 g/mol. The Kier molecular flexibility index (Phi) is 12.2. The predicted molar refractivity (Wildman–Crippen MR) is 181 cm³/mol. The highest BCUT2D eigenvalue weighted by atomic mass is 35.5.